The highest BCUT2D eigenvalue weighted by Gasteiger charge is 2.28. The van der Waals surface area contributed by atoms with Gasteiger partial charge in [0.1, 0.15) is 15.6 Å². The molecule has 4 nitrogen and oxygen atoms in total. The van der Waals surface area contributed by atoms with Crippen LogP contribution in [0.5, 0.6) is 0 Å². The van der Waals surface area contributed by atoms with Crippen molar-refractivity contribution in [2.45, 2.75) is 39.2 Å². The van der Waals surface area contributed by atoms with Crippen LogP contribution in [0.15, 0.2) is 0 Å². The number of rotatable bonds is 7. The van der Waals surface area contributed by atoms with E-state index in [0.717, 1.165) is 35.9 Å². The number of nitrogens with zero attached hydrogens (tertiary/aromatic N) is 2. The predicted octanol–water partition coefficient (Wildman–Crippen LogP) is 1.96. The number of likely N-dealkylation sites (N-methyl/N-ethyl adjacent to an activating group) is 1. The van der Waals surface area contributed by atoms with Crippen molar-refractivity contribution in [2.24, 2.45) is 0 Å². The lowest BCUT2D eigenvalue weighted by Crippen LogP contribution is -2.22. The summed E-state index contributed by atoms with van der Waals surface area (Å²) in [5.41, 5.74) is -0.284. The van der Waals surface area contributed by atoms with Crippen LogP contribution in [0.25, 0.3) is 0 Å². The molecule has 0 aliphatic rings. The zero-order valence-electron chi connectivity index (χ0n) is 10.5. The fourth-order valence-electron chi connectivity index (χ4n) is 1.32. The van der Waals surface area contributed by atoms with Gasteiger partial charge in [0.25, 0.3) is 0 Å². The van der Waals surface area contributed by atoms with Gasteiger partial charge in [-0.2, -0.15) is 0 Å². The molecular formula is C11H21N3OS. The van der Waals surface area contributed by atoms with E-state index in [1.165, 1.54) is 0 Å². The second-order valence-electron chi connectivity index (χ2n) is 3.89. The van der Waals surface area contributed by atoms with Gasteiger partial charge >= 0.3 is 0 Å². The molecule has 92 valence electrons. The Morgan fingerprint density at radius 3 is 2.69 bits per heavy atom. The van der Waals surface area contributed by atoms with Gasteiger partial charge in [-0.25, -0.2) is 0 Å². The van der Waals surface area contributed by atoms with Crippen LogP contribution < -0.4 is 5.32 Å². The van der Waals surface area contributed by atoms with Crippen molar-refractivity contribution in [3.8, 4) is 0 Å². The first-order valence-corrected chi connectivity index (χ1v) is 6.56. The molecule has 0 spiro atoms. The van der Waals surface area contributed by atoms with Gasteiger partial charge in [0.2, 0.25) is 0 Å². The van der Waals surface area contributed by atoms with E-state index >= 15 is 0 Å². The Balaban J connectivity index is 2.63. The van der Waals surface area contributed by atoms with Crippen LogP contribution in [0, 0.1) is 0 Å². The highest BCUT2D eigenvalue weighted by atomic mass is 32.1. The predicted molar refractivity (Wildman–Crippen MR) is 66.8 cm³/mol. The van der Waals surface area contributed by atoms with E-state index in [2.05, 4.69) is 36.3 Å². The number of methoxy groups -OCH3 is 1. The second kappa shape index (κ2) is 6.27. The third-order valence-electron chi connectivity index (χ3n) is 2.81. The lowest BCUT2D eigenvalue weighted by atomic mass is 10.1. The summed E-state index contributed by atoms with van der Waals surface area (Å²) in [5, 5.41) is 13.8. The zero-order chi connectivity index (χ0) is 12.0. The van der Waals surface area contributed by atoms with Crippen molar-refractivity contribution in [1.82, 2.24) is 15.5 Å². The summed E-state index contributed by atoms with van der Waals surface area (Å²) in [7, 11) is 1.73. The maximum atomic E-state index is 5.50. The van der Waals surface area contributed by atoms with Crippen LogP contribution in [-0.2, 0) is 16.8 Å². The summed E-state index contributed by atoms with van der Waals surface area (Å²) < 4.78 is 5.50. The molecule has 0 aliphatic heterocycles. The first-order chi connectivity index (χ1) is 7.66. The number of ether oxygens (including phenoxy) is 1. The first-order valence-electron chi connectivity index (χ1n) is 5.75. The third kappa shape index (κ3) is 3.23. The minimum Gasteiger partial charge on any atom is -0.371 e. The Kier molecular flexibility index (Phi) is 5.31. The molecule has 1 atom stereocenters. The van der Waals surface area contributed by atoms with E-state index in [-0.39, 0.29) is 5.60 Å². The summed E-state index contributed by atoms with van der Waals surface area (Å²) in [6, 6.07) is 0. The maximum Gasteiger partial charge on any atom is 0.149 e. The van der Waals surface area contributed by atoms with Crippen LogP contribution in [-0.4, -0.2) is 30.4 Å². The normalized spacial score (nSPS) is 15.0. The van der Waals surface area contributed by atoms with Crippen molar-refractivity contribution < 1.29 is 4.74 Å². The van der Waals surface area contributed by atoms with Gasteiger partial charge in [-0.15, -0.1) is 10.2 Å². The number of hydrogen-bond donors (Lipinski definition) is 1. The fraction of sp³-hybridized carbons (Fsp3) is 0.818. The highest BCUT2D eigenvalue weighted by molar-refractivity contribution is 7.11. The fourth-order valence-corrected chi connectivity index (χ4v) is 2.36. The van der Waals surface area contributed by atoms with Crippen LogP contribution in [0.4, 0.5) is 0 Å². The minimum atomic E-state index is -0.284. The van der Waals surface area contributed by atoms with Crippen LogP contribution in [0.2, 0.25) is 0 Å². The molecule has 1 rings (SSSR count). The van der Waals surface area contributed by atoms with E-state index in [9.17, 15) is 0 Å². The lowest BCUT2D eigenvalue weighted by Gasteiger charge is -2.22. The minimum absolute atomic E-state index is 0.284. The summed E-state index contributed by atoms with van der Waals surface area (Å²) in [6.07, 6.45) is 1.85. The quantitative estimate of drug-likeness (QED) is 0.744. The van der Waals surface area contributed by atoms with Crippen molar-refractivity contribution in [3.05, 3.63) is 10.0 Å². The molecule has 5 heteroatoms. The topological polar surface area (TPSA) is 47.0 Å². The molecular weight excluding hydrogens is 222 g/mol. The molecule has 1 aromatic heterocycles. The summed E-state index contributed by atoms with van der Waals surface area (Å²) in [4.78, 5) is 0. The Labute approximate surface area is 101 Å². The maximum absolute atomic E-state index is 5.50. The molecule has 0 saturated heterocycles. The van der Waals surface area contributed by atoms with Gasteiger partial charge in [-0.1, -0.05) is 25.2 Å². The Bertz CT molecular complexity index is 310. The van der Waals surface area contributed by atoms with Gasteiger partial charge in [0, 0.05) is 20.1 Å². The molecule has 0 aliphatic carbocycles. The monoisotopic (exact) mass is 243 g/mol. The van der Waals surface area contributed by atoms with Gasteiger partial charge in [0.15, 0.2) is 0 Å². The number of hydrogen-bond acceptors (Lipinski definition) is 5. The highest BCUT2D eigenvalue weighted by Crippen LogP contribution is 2.30. The van der Waals surface area contributed by atoms with Crippen molar-refractivity contribution in [1.29, 1.82) is 0 Å². The molecule has 1 aromatic rings. The SMILES string of the molecule is CCNCCc1nnc(C(C)(CC)OC)s1. The van der Waals surface area contributed by atoms with Gasteiger partial charge in [-0.05, 0) is 19.9 Å². The van der Waals surface area contributed by atoms with Crippen LogP contribution >= 0.6 is 11.3 Å². The van der Waals surface area contributed by atoms with Crippen LogP contribution in [0.3, 0.4) is 0 Å². The third-order valence-corrected chi connectivity index (χ3v) is 4.04. The first kappa shape index (κ1) is 13.5. The van der Waals surface area contributed by atoms with Gasteiger partial charge in [-0.3, -0.25) is 0 Å². The number of aromatic nitrogens is 2. The van der Waals surface area contributed by atoms with Crippen LogP contribution in [0.1, 0.15) is 37.2 Å². The standard InChI is InChI=1S/C11H21N3OS/c1-5-11(3,15-4)10-14-13-9(16-10)7-8-12-6-2/h12H,5-8H2,1-4H3. The Hall–Kier alpha value is -0.520. The zero-order valence-corrected chi connectivity index (χ0v) is 11.4. The Morgan fingerprint density at radius 1 is 1.38 bits per heavy atom. The largest absolute Gasteiger partial charge is 0.371 e. The molecule has 0 aromatic carbocycles. The van der Waals surface area contributed by atoms with Gasteiger partial charge in [0.05, 0.1) is 0 Å². The van der Waals surface area contributed by atoms with Gasteiger partial charge < -0.3 is 10.1 Å². The van der Waals surface area contributed by atoms with E-state index in [1.807, 2.05) is 0 Å². The van der Waals surface area contributed by atoms with E-state index < -0.39 is 0 Å². The summed E-state index contributed by atoms with van der Waals surface area (Å²) in [5.74, 6) is 0. The summed E-state index contributed by atoms with van der Waals surface area (Å²) in [6.45, 7) is 8.22. The van der Waals surface area contributed by atoms with Crippen molar-refractivity contribution in [3.63, 3.8) is 0 Å². The van der Waals surface area contributed by atoms with Crippen molar-refractivity contribution in [2.75, 3.05) is 20.2 Å². The smallest absolute Gasteiger partial charge is 0.149 e. The van der Waals surface area contributed by atoms with E-state index in [1.54, 1.807) is 18.4 Å². The molecule has 0 radical (unpaired) electrons. The molecule has 1 heterocycles. The second-order valence-corrected chi connectivity index (χ2v) is 4.96. The Morgan fingerprint density at radius 2 is 2.12 bits per heavy atom. The van der Waals surface area contributed by atoms with E-state index in [0.29, 0.717) is 0 Å². The molecule has 0 bridgehead atoms. The summed E-state index contributed by atoms with van der Waals surface area (Å²) >= 11 is 1.65. The molecule has 16 heavy (non-hydrogen) atoms. The lowest BCUT2D eigenvalue weighted by molar-refractivity contribution is -0.00207. The van der Waals surface area contributed by atoms with E-state index in [4.69, 9.17) is 4.74 Å². The average Bonchev–Trinajstić information content (AvgIpc) is 2.78. The number of nitrogens with one attached hydrogen (secondary N) is 1. The molecule has 1 N–H and O–H groups in total. The molecule has 0 saturated carbocycles. The average molecular weight is 243 g/mol. The molecule has 1 unspecified atom stereocenters. The molecule has 0 fully saturated rings. The molecule has 0 amide bonds. The van der Waals surface area contributed by atoms with Crippen molar-refractivity contribution >= 4 is 11.3 Å².